The van der Waals surface area contributed by atoms with Crippen LogP contribution in [0.3, 0.4) is 0 Å². The van der Waals surface area contributed by atoms with Crippen molar-refractivity contribution in [3.63, 3.8) is 0 Å². The summed E-state index contributed by atoms with van der Waals surface area (Å²) in [5, 5.41) is 11.0. The zero-order valence-electron chi connectivity index (χ0n) is 16.6. The number of rotatable bonds is 6. The van der Waals surface area contributed by atoms with Crippen molar-refractivity contribution in [2.45, 2.75) is 19.4 Å². The number of nitrogens with zero attached hydrogens (tertiary/aromatic N) is 3. The number of nitro groups is 1. The summed E-state index contributed by atoms with van der Waals surface area (Å²) < 4.78 is 5.21. The summed E-state index contributed by atoms with van der Waals surface area (Å²) in [6.07, 6.45) is 0.127. The topological polar surface area (TPSA) is 93.0 Å². The predicted octanol–water partition coefficient (Wildman–Crippen LogP) is 3.18. The molecule has 3 rings (SSSR count). The summed E-state index contributed by atoms with van der Waals surface area (Å²) in [6.45, 7) is 2.10. The molecule has 0 bridgehead atoms. The third kappa shape index (κ3) is 4.21. The molecule has 1 saturated heterocycles. The van der Waals surface area contributed by atoms with Gasteiger partial charge in [0, 0.05) is 43.9 Å². The van der Waals surface area contributed by atoms with E-state index in [1.165, 1.54) is 12.1 Å². The van der Waals surface area contributed by atoms with Gasteiger partial charge in [-0.15, -0.1) is 0 Å². The van der Waals surface area contributed by atoms with Gasteiger partial charge < -0.3 is 14.5 Å². The van der Waals surface area contributed by atoms with Crippen LogP contribution in [0.4, 0.5) is 11.4 Å². The lowest BCUT2D eigenvalue weighted by atomic mass is 10.0. The highest BCUT2D eigenvalue weighted by Crippen LogP contribution is 2.31. The van der Waals surface area contributed by atoms with Crippen LogP contribution in [0.2, 0.25) is 0 Å². The van der Waals surface area contributed by atoms with Crippen LogP contribution in [0.25, 0.3) is 0 Å². The van der Waals surface area contributed by atoms with Crippen molar-refractivity contribution in [3.8, 4) is 5.75 Å². The maximum atomic E-state index is 13.0. The molecule has 0 spiro atoms. The fourth-order valence-electron chi connectivity index (χ4n) is 3.50. The van der Waals surface area contributed by atoms with Crippen molar-refractivity contribution >= 4 is 23.2 Å². The number of carbonyl (C=O) groups excluding carboxylic acids is 2. The summed E-state index contributed by atoms with van der Waals surface area (Å²) in [5.41, 5.74) is 1.35. The van der Waals surface area contributed by atoms with E-state index < -0.39 is 10.8 Å². The summed E-state index contributed by atoms with van der Waals surface area (Å²) in [7, 11) is 3.21. The van der Waals surface area contributed by atoms with Gasteiger partial charge in [-0.3, -0.25) is 19.7 Å². The highest BCUT2D eigenvalue weighted by atomic mass is 16.6. The van der Waals surface area contributed by atoms with Gasteiger partial charge in [0.2, 0.25) is 11.8 Å². The van der Waals surface area contributed by atoms with E-state index in [1.807, 2.05) is 13.0 Å². The van der Waals surface area contributed by atoms with Crippen molar-refractivity contribution < 1.29 is 19.2 Å². The quantitative estimate of drug-likeness (QED) is 0.551. The lowest BCUT2D eigenvalue weighted by molar-refractivity contribution is -0.384. The van der Waals surface area contributed by atoms with Gasteiger partial charge in [0.05, 0.1) is 24.0 Å². The van der Waals surface area contributed by atoms with Crippen LogP contribution in [0.1, 0.15) is 24.9 Å². The zero-order valence-corrected chi connectivity index (χ0v) is 16.6. The Morgan fingerprint density at radius 2 is 2.00 bits per heavy atom. The fraction of sp³-hybridized carbons (Fsp3) is 0.333. The Hall–Kier alpha value is -3.42. The standard InChI is InChI=1S/C21H23N3O5/c1-14(15-6-4-8-18(10-15)24(27)28)22(2)21(26)16-11-20(25)23(13-16)17-7-5-9-19(12-17)29-3/h4-10,12,14,16H,11,13H2,1-3H3/t14-,16+/m0/s1. The second-order valence-electron chi connectivity index (χ2n) is 7.08. The largest absolute Gasteiger partial charge is 0.497 e. The molecule has 2 aromatic rings. The molecule has 2 amide bonds. The Kier molecular flexibility index (Phi) is 5.81. The van der Waals surface area contributed by atoms with Crippen LogP contribution in [0.5, 0.6) is 5.75 Å². The summed E-state index contributed by atoms with van der Waals surface area (Å²) in [5.74, 6) is -0.114. The fourth-order valence-corrected chi connectivity index (χ4v) is 3.50. The van der Waals surface area contributed by atoms with Gasteiger partial charge in [-0.25, -0.2) is 0 Å². The van der Waals surface area contributed by atoms with Gasteiger partial charge in [-0.2, -0.15) is 0 Å². The summed E-state index contributed by atoms with van der Waals surface area (Å²) >= 11 is 0. The number of carbonyl (C=O) groups is 2. The molecule has 2 atom stereocenters. The Bertz CT molecular complexity index is 945. The average Bonchev–Trinajstić information content (AvgIpc) is 3.13. The summed E-state index contributed by atoms with van der Waals surface area (Å²) in [6, 6.07) is 13.0. The predicted molar refractivity (Wildman–Crippen MR) is 108 cm³/mol. The minimum absolute atomic E-state index is 0.0181. The molecule has 0 aromatic heterocycles. The molecule has 2 aromatic carbocycles. The molecule has 8 heteroatoms. The van der Waals surface area contributed by atoms with Crippen molar-refractivity contribution in [3.05, 3.63) is 64.2 Å². The second-order valence-corrected chi connectivity index (χ2v) is 7.08. The van der Waals surface area contributed by atoms with Crippen LogP contribution in [0.15, 0.2) is 48.5 Å². The van der Waals surface area contributed by atoms with Gasteiger partial charge in [-0.05, 0) is 24.6 Å². The van der Waals surface area contributed by atoms with Crippen LogP contribution >= 0.6 is 0 Å². The van der Waals surface area contributed by atoms with Gasteiger partial charge in [0.25, 0.3) is 5.69 Å². The highest BCUT2D eigenvalue weighted by molar-refractivity contribution is 6.00. The molecule has 152 valence electrons. The number of ether oxygens (including phenoxy) is 1. The van der Waals surface area contributed by atoms with E-state index in [0.717, 1.165) is 0 Å². The molecule has 8 nitrogen and oxygen atoms in total. The minimum atomic E-state index is -0.472. The molecule has 1 fully saturated rings. The molecule has 0 unspecified atom stereocenters. The van der Waals surface area contributed by atoms with E-state index in [0.29, 0.717) is 17.0 Å². The first-order valence-corrected chi connectivity index (χ1v) is 9.27. The van der Waals surface area contributed by atoms with E-state index in [2.05, 4.69) is 0 Å². The van der Waals surface area contributed by atoms with E-state index in [1.54, 1.807) is 54.3 Å². The van der Waals surface area contributed by atoms with Gasteiger partial charge in [0.15, 0.2) is 0 Å². The first-order valence-electron chi connectivity index (χ1n) is 9.27. The third-order valence-corrected chi connectivity index (χ3v) is 5.33. The third-order valence-electron chi connectivity index (χ3n) is 5.33. The van der Waals surface area contributed by atoms with Crippen LogP contribution in [-0.4, -0.2) is 42.3 Å². The lowest BCUT2D eigenvalue weighted by Crippen LogP contribution is -2.36. The normalized spacial score (nSPS) is 17.1. The highest BCUT2D eigenvalue weighted by Gasteiger charge is 2.37. The maximum Gasteiger partial charge on any atom is 0.269 e. The second kappa shape index (κ2) is 8.30. The van der Waals surface area contributed by atoms with E-state index in [9.17, 15) is 19.7 Å². The SMILES string of the molecule is COc1cccc(N2C[C@H](C(=O)N(C)[C@@H](C)c3cccc([N+](=O)[O-])c3)CC2=O)c1. The Morgan fingerprint density at radius 3 is 2.69 bits per heavy atom. The van der Waals surface area contributed by atoms with Crippen LogP contribution in [-0.2, 0) is 9.59 Å². The number of benzene rings is 2. The van der Waals surface area contributed by atoms with Crippen molar-refractivity contribution in [1.29, 1.82) is 0 Å². The molecule has 1 aliphatic heterocycles. The molecule has 0 N–H and O–H groups in total. The van der Waals surface area contributed by atoms with E-state index in [-0.39, 0.29) is 36.5 Å². The zero-order chi connectivity index (χ0) is 21.1. The van der Waals surface area contributed by atoms with Gasteiger partial charge in [0.1, 0.15) is 5.75 Å². The van der Waals surface area contributed by atoms with Gasteiger partial charge in [-0.1, -0.05) is 18.2 Å². The molecule has 1 aliphatic rings. The Morgan fingerprint density at radius 1 is 1.28 bits per heavy atom. The molecule has 0 saturated carbocycles. The first-order chi connectivity index (χ1) is 13.8. The summed E-state index contributed by atoms with van der Waals surface area (Å²) in [4.78, 5) is 39.2. The molecule has 29 heavy (non-hydrogen) atoms. The first kappa shape index (κ1) is 20.3. The van der Waals surface area contributed by atoms with Crippen molar-refractivity contribution in [2.75, 3.05) is 25.6 Å². The number of non-ortho nitro benzene ring substituents is 1. The van der Waals surface area contributed by atoms with Crippen molar-refractivity contribution in [1.82, 2.24) is 4.90 Å². The van der Waals surface area contributed by atoms with Gasteiger partial charge >= 0.3 is 0 Å². The van der Waals surface area contributed by atoms with Crippen molar-refractivity contribution in [2.24, 2.45) is 5.92 Å². The molecule has 0 radical (unpaired) electrons. The molecular weight excluding hydrogens is 374 g/mol. The molecule has 1 heterocycles. The number of methoxy groups -OCH3 is 1. The number of hydrogen-bond acceptors (Lipinski definition) is 5. The van der Waals surface area contributed by atoms with Crippen LogP contribution < -0.4 is 9.64 Å². The van der Waals surface area contributed by atoms with Crippen LogP contribution in [0, 0.1) is 16.0 Å². The molecular formula is C21H23N3O5. The maximum absolute atomic E-state index is 13.0. The smallest absolute Gasteiger partial charge is 0.269 e. The Labute approximate surface area is 168 Å². The lowest BCUT2D eigenvalue weighted by Gasteiger charge is -2.27. The number of amides is 2. The molecule has 0 aliphatic carbocycles. The monoisotopic (exact) mass is 397 g/mol. The average molecular weight is 397 g/mol. The Balaban J connectivity index is 1.73. The van der Waals surface area contributed by atoms with E-state index >= 15 is 0 Å². The minimum Gasteiger partial charge on any atom is -0.497 e. The number of anilines is 1. The van der Waals surface area contributed by atoms with E-state index in [4.69, 9.17) is 4.74 Å². The number of hydrogen-bond donors (Lipinski definition) is 0. The number of nitro benzene ring substituents is 1.